The van der Waals surface area contributed by atoms with E-state index >= 15 is 0 Å². The molecule has 1 aliphatic heterocycles. The lowest BCUT2D eigenvalue weighted by atomic mass is 10.0. The molecule has 19 heavy (non-hydrogen) atoms. The van der Waals surface area contributed by atoms with Gasteiger partial charge < -0.3 is 14.8 Å². The second-order valence-electron chi connectivity index (χ2n) is 4.86. The van der Waals surface area contributed by atoms with Crippen LogP contribution >= 0.6 is 0 Å². The van der Waals surface area contributed by atoms with Gasteiger partial charge in [0.1, 0.15) is 6.10 Å². The van der Waals surface area contributed by atoms with Crippen molar-refractivity contribution in [2.75, 3.05) is 13.7 Å². The van der Waals surface area contributed by atoms with Crippen LogP contribution in [0, 0.1) is 11.3 Å². The first-order chi connectivity index (χ1) is 9.24. The largest absolute Gasteiger partial charge is 0.493 e. The molecule has 1 aromatic carbocycles. The van der Waals surface area contributed by atoms with Crippen molar-refractivity contribution >= 4 is 0 Å². The molecular weight excluding hydrogens is 240 g/mol. The third-order valence-electron chi connectivity index (χ3n) is 3.52. The minimum Gasteiger partial charge on any atom is -0.493 e. The Kier molecular flexibility index (Phi) is 4.64. The van der Waals surface area contributed by atoms with Crippen molar-refractivity contribution in [3.63, 3.8) is 0 Å². The molecule has 0 spiro atoms. The van der Waals surface area contributed by atoms with Gasteiger partial charge in [0.05, 0.1) is 18.7 Å². The molecule has 0 radical (unpaired) electrons. The van der Waals surface area contributed by atoms with Crippen molar-refractivity contribution in [3.05, 3.63) is 23.8 Å². The zero-order chi connectivity index (χ0) is 13.7. The quantitative estimate of drug-likeness (QED) is 0.903. The van der Waals surface area contributed by atoms with Gasteiger partial charge in [0, 0.05) is 12.1 Å². The Morgan fingerprint density at radius 2 is 2.21 bits per heavy atom. The summed E-state index contributed by atoms with van der Waals surface area (Å²) in [6, 6.07) is 7.74. The van der Waals surface area contributed by atoms with Gasteiger partial charge in [0.25, 0.3) is 0 Å². The number of hydrogen-bond acceptors (Lipinski definition) is 4. The predicted molar refractivity (Wildman–Crippen MR) is 73.4 cm³/mol. The highest BCUT2D eigenvalue weighted by molar-refractivity contribution is 5.46. The highest BCUT2D eigenvalue weighted by atomic mass is 16.5. The summed E-state index contributed by atoms with van der Waals surface area (Å²) in [6.07, 6.45) is 3.71. The SMILES string of the molecule is COc1cc(C#N)ccc1OC(C)C1CCCCN1. The van der Waals surface area contributed by atoms with Crippen molar-refractivity contribution in [1.29, 1.82) is 5.26 Å². The molecule has 1 N–H and O–H groups in total. The van der Waals surface area contributed by atoms with Crippen LogP contribution in [0.25, 0.3) is 0 Å². The molecule has 1 fully saturated rings. The maximum atomic E-state index is 8.88. The summed E-state index contributed by atoms with van der Waals surface area (Å²) in [6.45, 7) is 3.13. The van der Waals surface area contributed by atoms with Gasteiger partial charge in [-0.15, -0.1) is 0 Å². The van der Waals surface area contributed by atoms with Crippen LogP contribution in [0.3, 0.4) is 0 Å². The van der Waals surface area contributed by atoms with Crippen molar-refractivity contribution in [1.82, 2.24) is 5.32 Å². The number of nitriles is 1. The molecule has 1 aromatic rings. The lowest BCUT2D eigenvalue weighted by Gasteiger charge is -2.29. The van der Waals surface area contributed by atoms with Crippen molar-refractivity contribution in [2.24, 2.45) is 0 Å². The Hall–Kier alpha value is -1.73. The Labute approximate surface area is 114 Å². The number of rotatable bonds is 4. The second-order valence-corrected chi connectivity index (χ2v) is 4.86. The molecule has 0 bridgehead atoms. The normalized spacial score (nSPS) is 20.4. The smallest absolute Gasteiger partial charge is 0.162 e. The van der Waals surface area contributed by atoms with E-state index in [9.17, 15) is 0 Å². The molecule has 1 heterocycles. The van der Waals surface area contributed by atoms with Gasteiger partial charge in [-0.05, 0) is 38.4 Å². The number of nitrogens with one attached hydrogen (secondary N) is 1. The molecule has 1 aliphatic rings. The van der Waals surface area contributed by atoms with E-state index in [1.165, 1.54) is 12.8 Å². The maximum Gasteiger partial charge on any atom is 0.162 e. The topological polar surface area (TPSA) is 54.3 Å². The van der Waals surface area contributed by atoms with Gasteiger partial charge in [0.15, 0.2) is 11.5 Å². The predicted octanol–water partition coefficient (Wildman–Crippen LogP) is 2.48. The molecule has 2 atom stereocenters. The first kappa shape index (κ1) is 13.7. The Morgan fingerprint density at radius 1 is 1.37 bits per heavy atom. The lowest BCUT2D eigenvalue weighted by molar-refractivity contribution is 0.148. The molecule has 0 aliphatic carbocycles. The van der Waals surface area contributed by atoms with Crippen LogP contribution in [0.5, 0.6) is 11.5 Å². The van der Waals surface area contributed by atoms with E-state index in [1.54, 1.807) is 25.3 Å². The maximum absolute atomic E-state index is 8.88. The van der Waals surface area contributed by atoms with E-state index in [0.717, 1.165) is 13.0 Å². The Morgan fingerprint density at radius 3 is 2.84 bits per heavy atom. The van der Waals surface area contributed by atoms with Crippen LogP contribution < -0.4 is 14.8 Å². The molecule has 2 rings (SSSR count). The van der Waals surface area contributed by atoms with Crippen LogP contribution in [0.2, 0.25) is 0 Å². The first-order valence-corrected chi connectivity index (χ1v) is 6.72. The number of nitrogens with zero attached hydrogens (tertiary/aromatic N) is 1. The fourth-order valence-corrected chi connectivity index (χ4v) is 2.40. The fourth-order valence-electron chi connectivity index (χ4n) is 2.40. The Bertz CT molecular complexity index is 462. The minimum atomic E-state index is 0.0853. The average Bonchev–Trinajstić information content (AvgIpc) is 2.48. The third-order valence-corrected chi connectivity index (χ3v) is 3.52. The van der Waals surface area contributed by atoms with E-state index in [1.807, 2.05) is 0 Å². The number of piperidine rings is 1. The number of hydrogen-bond donors (Lipinski definition) is 1. The number of benzene rings is 1. The highest BCUT2D eigenvalue weighted by Gasteiger charge is 2.21. The first-order valence-electron chi connectivity index (χ1n) is 6.72. The number of methoxy groups -OCH3 is 1. The number of ether oxygens (including phenoxy) is 2. The van der Waals surface area contributed by atoms with Gasteiger partial charge in [-0.25, -0.2) is 0 Å². The van der Waals surface area contributed by atoms with Crippen LogP contribution in [0.15, 0.2) is 18.2 Å². The van der Waals surface area contributed by atoms with Gasteiger partial charge in [0.2, 0.25) is 0 Å². The third kappa shape index (κ3) is 3.39. The van der Waals surface area contributed by atoms with E-state index < -0.39 is 0 Å². The van der Waals surface area contributed by atoms with Crippen LogP contribution in [-0.2, 0) is 0 Å². The molecular formula is C15H20N2O2. The zero-order valence-corrected chi connectivity index (χ0v) is 11.5. The molecule has 0 saturated carbocycles. The van der Waals surface area contributed by atoms with E-state index in [4.69, 9.17) is 14.7 Å². The summed E-state index contributed by atoms with van der Waals surface area (Å²) in [7, 11) is 1.59. The molecule has 0 amide bonds. The van der Waals surface area contributed by atoms with Gasteiger partial charge in [-0.3, -0.25) is 0 Å². The standard InChI is InChI=1S/C15H20N2O2/c1-11(13-5-3-4-8-17-13)19-14-7-6-12(10-16)9-15(14)18-2/h6-7,9,11,13,17H,3-5,8H2,1-2H3. The summed E-state index contributed by atoms with van der Waals surface area (Å²) >= 11 is 0. The second kappa shape index (κ2) is 6.44. The zero-order valence-electron chi connectivity index (χ0n) is 11.5. The summed E-state index contributed by atoms with van der Waals surface area (Å²) < 4.78 is 11.3. The van der Waals surface area contributed by atoms with Crippen LogP contribution in [0.4, 0.5) is 0 Å². The van der Waals surface area contributed by atoms with Crippen LogP contribution in [-0.4, -0.2) is 25.8 Å². The molecule has 1 saturated heterocycles. The van der Waals surface area contributed by atoms with Gasteiger partial charge in [-0.2, -0.15) is 5.26 Å². The summed E-state index contributed by atoms with van der Waals surface area (Å²) in [5.41, 5.74) is 0.577. The lowest BCUT2D eigenvalue weighted by Crippen LogP contribution is -2.44. The van der Waals surface area contributed by atoms with Crippen LogP contribution in [0.1, 0.15) is 31.7 Å². The van der Waals surface area contributed by atoms with Gasteiger partial charge >= 0.3 is 0 Å². The average molecular weight is 260 g/mol. The highest BCUT2D eigenvalue weighted by Crippen LogP contribution is 2.29. The molecule has 4 heteroatoms. The summed E-state index contributed by atoms with van der Waals surface area (Å²) in [5.74, 6) is 1.31. The summed E-state index contributed by atoms with van der Waals surface area (Å²) in [4.78, 5) is 0. The van der Waals surface area contributed by atoms with E-state index in [2.05, 4.69) is 18.3 Å². The molecule has 2 unspecified atom stereocenters. The fraction of sp³-hybridized carbons (Fsp3) is 0.533. The Balaban J connectivity index is 2.07. The van der Waals surface area contributed by atoms with E-state index in [-0.39, 0.29) is 6.10 Å². The molecule has 102 valence electrons. The van der Waals surface area contributed by atoms with Crippen molar-refractivity contribution in [3.8, 4) is 17.6 Å². The van der Waals surface area contributed by atoms with Crippen molar-refractivity contribution in [2.45, 2.75) is 38.3 Å². The van der Waals surface area contributed by atoms with Crippen molar-refractivity contribution < 1.29 is 9.47 Å². The molecule has 4 nitrogen and oxygen atoms in total. The summed E-state index contributed by atoms with van der Waals surface area (Å²) in [5, 5.41) is 12.4. The molecule has 0 aromatic heterocycles. The van der Waals surface area contributed by atoms with Gasteiger partial charge in [-0.1, -0.05) is 6.42 Å². The monoisotopic (exact) mass is 260 g/mol. The van der Waals surface area contributed by atoms with E-state index in [0.29, 0.717) is 23.1 Å². The minimum absolute atomic E-state index is 0.0853.